The molecule has 0 aromatic heterocycles. The first-order valence-corrected chi connectivity index (χ1v) is 18.1. The summed E-state index contributed by atoms with van der Waals surface area (Å²) in [5.74, 6) is -0.272. The van der Waals surface area contributed by atoms with Crippen LogP contribution in [0.25, 0.3) is 11.1 Å². The summed E-state index contributed by atoms with van der Waals surface area (Å²) in [4.78, 5) is 27.2. The van der Waals surface area contributed by atoms with Crippen LogP contribution in [0.1, 0.15) is 127 Å². The highest BCUT2D eigenvalue weighted by Crippen LogP contribution is 2.38. The zero-order chi connectivity index (χ0) is 33.4. The van der Waals surface area contributed by atoms with Crippen LogP contribution in [0.4, 0.5) is 10.1 Å². The number of amides is 1. The molecule has 1 heterocycles. The normalized spacial score (nSPS) is 15.8. The number of β-lactam (4-membered cyclic amide) rings is 1. The first-order valence-electron chi connectivity index (χ1n) is 18.1. The van der Waals surface area contributed by atoms with Crippen molar-refractivity contribution in [2.75, 3.05) is 11.5 Å². The van der Waals surface area contributed by atoms with Gasteiger partial charge in [0.05, 0.1) is 23.8 Å². The number of nitrogens with zero attached hydrogens (tertiary/aromatic N) is 1. The van der Waals surface area contributed by atoms with E-state index in [0.29, 0.717) is 5.56 Å². The molecule has 0 spiro atoms. The largest absolute Gasteiger partial charge is 0.494 e. The predicted octanol–water partition coefficient (Wildman–Crippen LogP) is 11.3. The minimum absolute atomic E-state index is 0.0317. The van der Waals surface area contributed by atoms with Crippen molar-refractivity contribution in [3.8, 4) is 22.6 Å². The summed E-state index contributed by atoms with van der Waals surface area (Å²) < 4.78 is 26.5. The van der Waals surface area contributed by atoms with Gasteiger partial charge in [-0.05, 0) is 67.3 Å². The van der Waals surface area contributed by atoms with E-state index in [-0.39, 0.29) is 29.3 Å². The molecule has 1 aliphatic heterocycles. The third-order valence-electron chi connectivity index (χ3n) is 9.38. The molecule has 1 fully saturated rings. The molecule has 0 aliphatic carbocycles. The van der Waals surface area contributed by atoms with Gasteiger partial charge >= 0.3 is 5.97 Å². The molecule has 5 nitrogen and oxygen atoms in total. The van der Waals surface area contributed by atoms with Crippen LogP contribution in [-0.2, 0) is 4.79 Å². The van der Waals surface area contributed by atoms with E-state index in [4.69, 9.17) is 9.47 Å². The van der Waals surface area contributed by atoms with Gasteiger partial charge in [0.1, 0.15) is 11.5 Å². The molecular weight excluding hydrogens is 589 g/mol. The van der Waals surface area contributed by atoms with Crippen molar-refractivity contribution in [3.05, 3.63) is 78.1 Å². The Hall–Kier alpha value is -3.67. The van der Waals surface area contributed by atoms with Crippen molar-refractivity contribution in [3.63, 3.8) is 0 Å². The zero-order valence-electron chi connectivity index (χ0n) is 28.8. The van der Waals surface area contributed by atoms with Gasteiger partial charge in [-0.15, -0.1) is 0 Å². The second-order valence-corrected chi connectivity index (χ2v) is 13.0. The number of anilines is 1. The van der Waals surface area contributed by atoms with E-state index in [9.17, 15) is 9.59 Å². The molecule has 0 saturated carbocycles. The molecule has 254 valence electrons. The van der Waals surface area contributed by atoms with Gasteiger partial charge in [0.15, 0.2) is 5.82 Å². The lowest BCUT2D eigenvalue weighted by Crippen LogP contribution is -2.60. The molecule has 0 bridgehead atoms. The van der Waals surface area contributed by atoms with Crippen LogP contribution < -0.4 is 14.4 Å². The van der Waals surface area contributed by atoms with E-state index in [1.165, 1.54) is 87.7 Å². The fourth-order valence-corrected chi connectivity index (χ4v) is 6.41. The Kier molecular flexibility index (Phi) is 14.8. The molecule has 4 rings (SSSR count). The number of carbonyl (C=O) groups is 2. The van der Waals surface area contributed by atoms with E-state index in [2.05, 4.69) is 13.8 Å². The molecule has 0 N–H and O–H groups in total. The SMILES string of the molecule is CCCCCCCCCCOc1ccc(-c2ccc(C(=O)Oc3ccc(N4C(=O)[C@H](CCCCCCCC)[C@@H]4C)c(F)c3)cc2)cc1. The molecule has 47 heavy (non-hydrogen) atoms. The van der Waals surface area contributed by atoms with Crippen LogP contribution in [0.3, 0.4) is 0 Å². The Morgan fingerprint density at radius 2 is 1.23 bits per heavy atom. The van der Waals surface area contributed by atoms with Gasteiger partial charge in [-0.3, -0.25) is 4.79 Å². The van der Waals surface area contributed by atoms with Gasteiger partial charge in [0.25, 0.3) is 0 Å². The van der Waals surface area contributed by atoms with Gasteiger partial charge in [0, 0.05) is 12.1 Å². The lowest BCUT2D eigenvalue weighted by molar-refractivity contribution is -0.130. The Balaban J connectivity index is 1.21. The summed E-state index contributed by atoms with van der Waals surface area (Å²) in [6.07, 6.45) is 18.1. The highest BCUT2D eigenvalue weighted by atomic mass is 19.1. The van der Waals surface area contributed by atoms with Crippen LogP contribution in [0.5, 0.6) is 11.5 Å². The molecule has 1 saturated heterocycles. The second kappa shape index (κ2) is 19.2. The minimum Gasteiger partial charge on any atom is -0.494 e. The van der Waals surface area contributed by atoms with Crippen molar-refractivity contribution in [2.24, 2.45) is 5.92 Å². The lowest BCUT2D eigenvalue weighted by atomic mass is 9.83. The summed E-state index contributed by atoms with van der Waals surface area (Å²) in [5.41, 5.74) is 2.59. The average molecular weight is 644 g/mol. The molecule has 3 aromatic carbocycles. The standard InChI is InChI=1S/C41H54FNO4/c1-4-6-8-10-12-13-15-17-29-46-35-25-23-33(24-26-35)32-19-21-34(22-20-32)41(45)47-36-27-28-39(38(42)30-36)43-31(3)37(40(43)44)18-16-14-11-9-7-5-2/h19-28,30-31,37H,4-18,29H2,1-3H3/t31-,37+/m0/s1. The Morgan fingerprint density at radius 3 is 1.81 bits per heavy atom. The number of benzene rings is 3. The Bertz CT molecular complexity index is 1390. The fraction of sp³-hybridized carbons (Fsp3) is 0.512. The van der Waals surface area contributed by atoms with Gasteiger partial charge < -0.3 is 14.4 Å². The quantitative estimate of drug-likeness (QED) is 0.0502. The van der Waals surface area contributed by atoms with Crippen LogP contribution >= 0.6 is 0 Å². The number of ether oxygens (including phenoxy) is 2. The van der Waals surface area contributed by atoms with Crippen molar-refractivity contribution < 1.29 is 23.5 Å². The monoisotopic (exact) mass is 643 g/mol. The maximum Gasteiger partial charge on any atom is 0.343 e. The number of unbranched alkanes of at least 4 members (excludes halogenated alkanes) is 12. The van der Waals surface area contributed by atoms with Crippen LogP contribution in [0.2, 0.25) is 0 Å². The summed E-state index contributed by atoms with van der Waals surface area (Å²) >= 11 is 0. The molecule has 1 amide bonds. The summed E-state index contributed by atoms with van der Waals surface area (Å²) in [7, 11) is 0. The molecular formula is C41H54FNO4. The number of rotatable bonds is 21. The van der Waals surface area contributed by atoms with Crippen LogP contribution in [-0.4, -0.2) is 24.5 Å². The average Bonchev–Trinajstić information content (AvgIpc) is 3.08. The maximum absolute atomic E-state index is 15.1. The predicted molar refractivity (Wildman–Crippen MR) is 190 cm³/mol. The fourth-order valence-electron chi connectivity index (χ4n) is 6.41. The minimum atomic E-state index is -0.575. The summed E-state index contributed by atoms with van der Waals surface area (Å²) in [6.45, 7) is 7.15. The third-order valence-corrected chi connectivity index (χ3v) is 9.38. The van der Waals surface area contributed by atoms with Crippen molar-refractivity contribution >= 4 is 17.6 Å². The third kappa shape index (κ3) is 10.7. The van der Waals surface area contributed by atoms with Gasteiger partial charge in [0.2, 0.25) is 5.91 Å². The zero-order valence-corrected chi connectivity index (χ0v) is 28.8. The molecule has 3 aromatic rings. The maximum atomic E-state index is 15.1. The molecule has 1 aliphatic rings. The number of carbonyl (C=O) groups excluding carboxylic acids is 2. The van der Waals surface area contributed by atoms with E-state index in [0.717, 1.165) is 49.2 Å². The molecule has 6 heteroatoms. The molecule has 2 atom stereocenters. The highest BCUT2D eigenvalue weighted by Gasteiger charge is 2.45. The molecule has 0 radical (unpaired) electrons. The molecule has 0 unspecified atom stereocenters. The van der Waals surface area contributed by atoms with Crippen LogP contribution in [0.15, 0.2) is 66.7 Å². The second-order valence-electron chi connectivity index (χ2n) is 13.0. The number of halogens is 1. The topological polar surface area (TPSA) is 55.8 Å². The number of hydrogen-bond donors (Lipinski definition) is 0. The Morgan fingerprint density at radius 1 is 0.702 bits per heavy atom. The van der Waals surface area contributed by atoms with Crippen LogP contribution in [0, 0.1) is 11.7 Å². The van der Waals surface area contributed by atoms with E-state index in [1.54, 1.807) is 18.2 Å². The first-order chi connectivity index (χ1) is 22.9. The van der Waals surface area contributed by atoms with Gasteiger partial charge in [-0.2, -0.15) is 0 Å². The van der Waals surface area contributed by atoms with Crippen molar-refractivity contribution in [2.45, 2.75) is 123 Å². The summed E-state index contributed by atoms with van der Waals surface area (Å²) in [5, 5.41) is 0. The van der Waals surface area contributed by atoms with Gasteiger partial charge in [-0.25, -0.2) is 9.18 Å². The first kappa shape index (κ1) is 36.2. The van der Waals surface area contributed by atoms with Crippen molar-refractivity contribution in [1.29, 1.82) is 0 Å². The van der Waals surface area contributed by atoms with E-state index >= 15 is 4.39 Å². The highest BCUT2D eigenvalue weighted by molar-refractivity contribution is 6.03. The number of esters is 1. The van der Waals surface area contributed by atoms with Crippen molar-refractivity contribution in [1.82, 2.24) is 0 Å². The van der Waals surface area contributed by atoms with Gasteiger partial charge in [-0.1, -0.05) is 122 Å². The summed E-state index contributed by atoms with van der Waals surface area (Å²) in [6, 6.07) is 19.3. The van der Waals surface area contributed by atoms with E-state index in [1.807, 2.05) is 43.3 Å². The lowest BCUT2D eigenvalue weighted by Gasteiger charge is -2.45. The van der Waals surface area contributed by atoms with E-state index < -0.39 is 11.8 Å². The Labute approximate surface area is 281 Å². The number of hydrogen-bond acceptors (Lipinski definition) is 4. The smallest absolute Gasteiger partial charge is 0.343 e.